The van der Waals surface area contributed by atoms with Crippen LogP contribution in [0.3, 0.4) is 0 Å². The van der Waals surface area contributed by atoms with E-state index in [4.69, 9.17) is 19.3 Å². The molecule has 0 aromatic carbocycles. The summed E-state index contributed by atoms with van der Waals surface area (Å²) >= 11 is 0. The van der Waals surface area contributed by atoms with Gasteiger partial charge >= 0.3 is 0 Å². The predicted molar refractivity (Wildman–Crippen MR) is 58.5 cm³/mol. The third-order valence-corrected chi connectivity index (χ3v) is 1.83. The number of aliphatic hydroxyl groups is 1. The molecule has 92 valence electrons. The molecule has 0 spiro atoms. The van der Waals surface area contributed by atoms with Gasteiger partial charge in [0, 0.05) is 6.61 Å². The highest BCUT2D eigenvalue weighted by atomic mass is 16.9. The molecule has 15 heavy (non-hydrogen) atoms. The summed E-state index contributed by atoms with van der Waals surface area (Å²) in [4.78, 5) is 0. The Bertz CT molecular complexity index is 123. The van der Waals surface area contributed by atoms with Crippen LogP contribution in [0.4, 0.5) is 0 Å². The van der Waals surface area contributed by atoms with E-state index in [1.165, 1.54) is 0 Å². The van der Waals surface area contributed by atoms with Crippen molar-refractivity contribution in [3.05, 3.63) is 0 Å². The zero-order valence-electron chi connectivity index (χ0n) is 10.1. The molecule has 0 amide bonds. The third kappa shape index (κ3) is 6.10. The maximum Gasteiger partial charge on any atom is 0.285 e. The predicted octanol–water partition coefficient (Wildman–Crippen LogP) is 1.91. The smallest absolute Gasteiger partial charge is 0.285 e. The van der Waals surface area contributed by atoms with Crippen molar-refractivity contribution >= 4 is 0 Å². The van der Waals surface area contributed by atoms with E-state index in [1.54, 1.807) is 0 Å². The Hall–Kier alpha value is -0.160. The standard InChI is InChI=1S/C11H24O4/c1-4-9-14-11(7-8-12,13-6-3)15-10-5-2/h12H,4-10H2,1-3H3. The Balaban J connectivity index is 4.26. The van der Waals surface area contributed by atoms with Crippen LogP contribution in [0.15, 0.2) is 0 Å². The quantitative estimate of drug-likeness (QED) is 0.571. The number of hydrogen-bond acceptors (Lipinski definition) is 4. The van der Waals surface area contributed by atoms with E-state index in [0.717, 1.165) is 12.8 Å². The highest BCUT2D eigenvalue weighted by Crippen LogP contribution is 2.20. The second kappa shape index (κ2) is 9.09. The molecule has 0 aromatic rings. The Morgan fingerprint density at radius 2 is 1.47 bits per heavy atom. The lowest BCUT2D eigenvalue weighted by atomic mass is 10.3. The van der Waals surface area contributed by atoms with Crippen LogP contribution in [-0.4, -0.2) is 37.5 Å². The maximum absolute atomic E-state index is 8.99. The topological polar surface area (TPSA) is 47.9 Å². The summed E-state index contributed by atoms with van der Waals surface area (Å²) in [7, 11) is 0. The lowest BCUT2D eigenvalue weighted by Crippen LogP contribution is -2.41. The van der Waals surface area contributed by atoms with E-state index in [-0.39, 0.29) is 6.61 Å². The number of aliphatic hydroxyl groups excluding tert-OH is 1. The summed E-state index contributed by atoms with van der Waals surface area (Å²) in [6, 6.07) is 0. The van der Waals surface area contributed by atoms with Crippen LogP contribution in [0.2, 0.25) is 0 Å². The fourth-order valence-corrected chi connectivity index (χ4v) is 1.21. The van der Waals surface area contributed by atoms with E-state index in [1.807, 2.05) is 20.8 Å². The first kappa shape index (κ1) is 14.8. The largest absolute Gasteiger partial charge is 0.396 e. The van der Waals surface area contributed by atoms with Gasteiger partial charge in [-0.1, -0.05) is 13.8 Å². The van der Waals surface area contributed by atoms with Crippen molar-refractivity contribution in [1.29, 1.82) is 0 Å². The molecule has 0 aliphatic carbocycles. The average molecular weight is 220 g/mol. The van der Waals surface area contributed by atoms with Gasteiger partial charge in [0.05, 0.1) is 26.2 Å². The molecule has 0 unspecified atom stereocenters. The molecule has 0 saturated carbocycles. The molecule has 4 heteroatoms. The summed E-state index contributed by atoms with van der Waals surface area (Å²) in [5, 5.41) is 8.99. The molecular formula is C11H24O4. The van der Waals surface area contributed by atoms with E-state index in [2.05, 4.69) is 0 Å². The summed E-state index contributed by atoms with van der Waals surface area (Å²) in [6.45, 7) is 7.58. The van der Waals surface area contributed by atoms with Crippen molar-refractivity contribution in [2.45, 2.75) is 46.0 Å². The Kier molecular flexibility index (Phi) is 9.00. The molecule has 4 nitrogen and oxygen atoms in total. The lowest BCUT2D eigenvalue weighted by molar-refractivity contribution is -0.383. The van der Waals surface area contributed by atoms with E-state index in [0.29, 0.717) is 26.2 Å². The maximum atomic E-state index is 8.99. The Morgan fingerprint density at radius 1 is 0.933 bits per heavy atom. The Labute approximate surface area is 92.5 Å². The van der Waals surface area contributed by atoms with Gasteiger partial charge in [-0.2, -0.15) is 0 Å². The van der Waals surface area contributed by atoms with Gasteiger partial charge in [0.15, 0.2) is 0 Å². The minimum absolute atomic E-state index is 0.00652. The van der Waals surface area contributed by atoms with Gasteiger partial charge in [-0.05, 0) is 19.8 Å². The highest BCUT2D eigenvalue weighted by molar-refractivity contribution is 4.57. The van der Waals surface area contributed by atoms with Gasteiger partial charge in [0.2, 0.25) is 0 Å². The second-order valence-electron chi connectivity index (χ2n) is 3.29. The van der Waals surface area contributed by atoms with Crippen molar-refractivity contribution in [3.63, 3.8) is 0 Å². The zero-order chi connectivity index (χ0) is 11.6. The molecule has 0 atom stereocenters. The molecule has 0 saturated heterocycles. The van der Waals surface area contributed by atoms with Crippen molar-refractivity contribution in [3.8, 4) is 0 Å². The SMILES string of the molecule is CCCOC(CCO)(OCC)OCCC. The van der Waals surface area contributed by atoms with Gasteiger partial charge in [0.25, 0.3) is 5.97 Å². The summed E-state index contributed by atoms with van der Waals surface area (Å²) < 4.78 is 16.6. The molecule has 0 fully saturated rings. The second-order valence-corrected chi connectivity index (χ2v) is 3.29. The molecule has 0 radical (unpaired) electrons. The minimum Gasteiger partial charge on any atom is -0.396 e. The molecule has 0 bridgehead atoms. The van der Waals surface area contributed by atoms with Gasteiger partial charge in [0.1, 0.15) is 0 Å². The first-order valence-electron chi connectivity index (χ1n) is 5.77. The minimum atomic E-state index is -1.05. The third-order valence-electron chi connectivity index (χ3n) is 1.83. The van der Waals surface area contributed by atoms with Crippen molar-refractivity contribution in [2.75, 3.05) is 26.4 Å². The normalized spacial score (nSPS) is 12.0. The Morgan fingerprint density at radius 3 is 1.80 bits per heavy atom. The fourth-order valence-electron chi connectivity index (χ4n) is 1.21. The van der Waals surface area contributed by atoms with Crippen LogP contribution >= 0.6 is 0 Å². The van der Waals surface area contributed by atoms with Crippen LogP contribution in [0, 0.1) is 0 Å². The van der Waals surface area contributed by atoms with Crippen LogP contribution in [-0.2, 0) is 14.2 Å². The van der Waals surface area contributed by atoms with Crippen molar-refractivity contribution in [1.82, 2.24) is 0 Å². The van der Waals surface area contributed by atoms with Crippen LogP contribution < -0.4 is 0 Å². The van der Waals surface area contributed by atoms with E-state index >= 15 is 0 Å². The van der Waals surface area contributed by atoms with Gasteiger partial charge < -0.3 is 19.3 Å². The van der Waals surface area contributed by atoms with Gasteiger partial charge in [-0.15, -0.1) is 0 Å². The summed E-state index contributed by atoms with van der Waals surface area (Å²) in [5.74, 6) is -1.05. The molecule has 0 aliphatic rings. The number of rotatable bonds is 10. The molecule has 0 heterocycles. The summed E-state index contributed by atoms with van der Waals surface area (Å²) in [6.07, 6.45) is 2.15. The molecule has 0 aliphatic heterocycles. The van der Waals surface area contributed by atoms with Crippen molar-refractivity contribution < 1.29 is 19.3 Å². The first-order chi connectivity index (χ1) is 7.24. The van der Waals surface area contributed by atoms with Crippen LogP contribution in [0.25, 0.3) is 0 Å². The van der Waals surface area contributed by atoms with E-state index in [9.17, 15) is 0 Å². The molecular weight excluding hydrogens is 196 g/mol. The first-order valence-corrected chi connectivity index (χ1v) is 5.77. The summed E-state index contributed by atoms with van der Waals surface area (Å²) in [5.41, 5.74) is 0. The van der Waals surface area contributed by atoms with Gasteiger partial charge in [-0.25, -0.2) is 0 Å². The highest BCUT2D eigenvalue weighted by Gasteiger charge is 2.32. The number of hydrogen-bond donors (Lipinski definition) is 1. The van der Waals surface area contributed by atoms with Gasteiger partial charge in [-0.3, -0.25) is 0 Å². The zero-order valence-corrected chi connectivity index (χ0v) is 10.1. The number of ether oxygens (including phenoxy) is 3. The lowest BCUT2D eigenvalue weighted by Gasteiger charge is -2.32. The monoisotopic (exact) mass is 220 g/mol. The fraction of sp³-hybridized carbons (Fsp3) is 1.00. The van der Waals surface area contributed by atoms with E-state index < -0.39 is 5.97 Å². The average Bonchev–Trinajstić information content (AvgIpc) is 2.24. The van der Waals surface area contributed by atoms with Crippen LogP contribution in [0.5, 0.6) is 0 Å². The van der Waals surface area contributed by atoms with Crippen LogP contribution in [0.1, 0.15) is 40.0 Å². The van der Waals surface area contributed by atoms with Crippen molar-refractivity contribution in [2.24, 2.45) is 0 Å². The molecule has 1 N–H and O–H groups in total. The molecule has 0 aromatic heterocycles. The molecule has 0 rings (SSSR count).